The second kappa shape index (κ2) is 6.41. The Morgan fingerprint density at radius 3 is 2.46 bits per heavy atom. The van der Waals surface area contributed by atoms with Crippen LogP contribution in [0.5, 0.6) is 0 Å². The second-order valence-electron chi connectivity index (χ2n) is 5.37. The van der Waals surface area contributed by atoms with Crippen LogP contribution in [0.1, 0.15) is 16.8 Å². The molecule has 1 heterocycles. The minimum Gasteiger partial charge on any atom is -0.322 e. The number of benzene rings is 2. The molecule has 0 bridgehead atoms. The number of amides is 1. The van der Waals surface area contributed by atoms with Gasteiger partial charge in [-0.1, -0.05) is 11.6 Å². The zero-order valence-electron chi connectivity index (χ0n) is 12.5. The molecule has 0 unspecified atom stereocenters. The third-order valence-corrected chi connectivity index (χ3v) is 5.84. The summed E-state index contributed by atoms with van der Waals surface area (Å²) in [6, 6.07) is 9.77. The van der Waals surface area contributed by atoms with Crippen LogP contribution in [0.2, 0.25) is 5.02 Å². The minimum atomic E-state index is -3.32. The number of sulfonamides is 1. The summed E-state index contributed by atoms with van der Waals surface area (Å²) >= 11 is 6.18. The van der Waals surface area contributed by atoms with Crippen LogP contribution in [0.15, 0.2) is 42.5 Å². The fraction of sp³-hybridized carbons (Fsp3) is 0.188. The number of carbonyl (C=O) groups excluding carboxylic acids is 1. The van der Waals surface area contributed by atoms with Crippen LogP contribution >= 0.6 is 11.6 Å². The van der Waals surface area contributed by atoms with Gasteiger partial charge in [0.15, 0.2) is 0 Å². The normalized spacial score (nSPS) is 16.2. The molecular weight excluding hydrogens is 355 g/mol. The van der Waals surface area contributed by atoms with Crippen molar-refractivity contribution in [2.75, 3.05) is 21.9 Å². The Balaban J connectivity index is 1.80. The Kier molecular flexibility index (Phi) is 4.47. The predicted octanol–water partition coefficient (Wildman–Crippen LogP) is 3.27. The Morgan fingerprint density at radius 2 is 1.88 bits per heavy atom. The van der Waals surface area contributed by atoms with Gasteiger partial charge < -0.3 is 5.32 Å². The lowest BCUT2D eigenvalue weighted by Crippen LogP contribution is -2.25. The van der Waals surface area contributed by atoms with Crippen molar-refractivity contribution in [1.82, 2.24) is 0 Å². The van der Waals surface area contributed by atoms with E-state index in [2.05, 4.69) is 5.32 Å². The van der Waals surface area contributed by atoms with Gasteiger partial charge in [0.1, 0.15) is 5.82 Å². The summed E-state index contributed by atoms with van der Waals surface area (Å²) in [5.41, 5.74) is 1.13. The highest BCUT2D eigenvalue weighted by atomic mass is 35.5. The summed E-state index contributed by atoms with van der Waals surface area (Å²) in [5.74, 6) is -0.731. The van der Waals surface area contributed by atoms with Gasteiger partial charge >= 0.3 is 0 Å². The number of anilines is 2. The van der Waals surface area contributed by atoms with E-state index in [0.717, 1.165) is 0 Å². The monoisotopic (exact) mass is 368 g/mol. The maximum absolute atomic E-state index is 12.9. The quantitative estimate of drug-likeness (QED) is 0.904. The molecule has 0 atom stereocenters. The first-order valence-electron chi connectivity index (χ1n) is 7.24. The van der Waals surface area contributed by atoms with E-state index in [0.29, 0.717) is 29.9 Å². The SMILES string of the molecule is O=C(Nc1ccc(N2CCCS2(=O)=O)c(Cl)c1)c1ccc(F)cc1. The lowest BCUT2D eigenvalue weighted by molar-refractivity contribution is 0.102. The number of hydrogen-bond acceptors (Lipinski definition) is 3. The maximum atomic E-state index is 12.9. The highest BCUT2D eigenvalue weighted by Crippen LogP contribution is 2.33. The lowest BCUT2D eigenvalue weighted by atomic mass is 10.2. The first-order chi connectivity index (χ1) is 11.4. The van der Waals surface area contributed by atoms with Gasteiger partial charge in [0, 0.05) is 17.8 Å². The number of carbonyl (C=O) groups is 1. The fourth-order valence-corrected chi connectivity index (χ4v) is 4.41. The zero-order chi connectivity index (χ0) is 17.3. The molecule has 0 aliphatic carbocycles. The smallest absolute Gasteiger partial charge is 0.255 e. The van der Waals surface area contributed by atoms with Gasteiger partial charge in [-0.3, -0.25) is 9.10 Å². The van der Waals surface area contributed by atoms with E-state index in [9.17, 15) is 17.6 Å². The van der Waals surface area contributed by atoms with Crippen LogP contribution in [0.25, 0.3) is 0 Å². The van der Waals surface area contributed by atoms with Crippen LogP contribution in [-0.2, 0) is 10.0 Å². The topological polar surface area (TPSA) is 66.5 Å². The van der Waals surface area contributed by atoms with Crippen molar-refractivity contribution in [2.45, 2.75) is 6.42 Å². The zero-order valence-corrected chi connectivity index (χ0v) is 14.1. The Labute approximate surface area is 144 Å². The molecule has 0 radical (unpaired) electrons. The van der Waals surface area contributed by atoms with Crippen molar-refractivity contribution in [3.8, 4) is 0 Å². The summed E-state index contributed by atoms with van der Waals surface area (Å²) in [6.45, 7) is 0.392. The van der Waals surface area contributed by atoms with E-state index in [-0.39, 0.29) is 10.8 Å². The van der Waals surface area contributed by atoms with Crippen molar-refractivity contribution < 1.29 is 17.6 Å². The summed E-state index contributed by atoms with van der Waals surface area (Å²) in [6.07, 6.45) is 0.557. The average molecular weight is 369 g/mol. The fourth-order valence-electron chi connectivity index (χ4n) is 2.50. The van der Waals surface area contributed by atoms with Crippen LogP contribution < -0.4 is 9.62 Å². The third kappa shape index (κ3) is 3.37. The van der Waals surface area contributed by atoms with Crippen LogP contribution in [0.4, 0.5) is 15.8 Å². The largest absolute Gasteiger partial charge is 0.322 e. The molecule has 1 N–H and O–H groups in total. The van der Waals surface area contributed by atoms with E-state index >= 15 is 0 Å². The maximum Gasteiger partial charge on any atom is 0.255 e. The van der Waals surface area contributed by atoms with Crippen LogP contribution in [0, 0.1) is 5.82 Å². The summed E-state index contributed by atoms with van der Waals surface area (Å²) in [4.78, 5) is 12.1. The van der Waals surface area contributed by atoms with Gasteiger partial charge in [0.05, 0.1) is 16.5 Å². The second-order valence-corrected chi connectivity index (χ2v) is 7.79. The third-order valence-electron chi connectivity index (χ3n) is 3.68. The van der Waals surface area contributed by atoms with E-state index < -0.39 is 21.7 Å². The Morgan fingerprint density at radius 1 is 1.17 bits per heavy atom. The predicted molar refractivity (Wildman–Crippen MR) is 91.6 cm³/mol. The molecule has 3 rings (SSSR count). The Bertz CT molecular complexity index is 885. The van der Waals surface area contributed by atoms with E-state index in [4.69, 9.17) is 11.6 Å². The molecule has 0 saturated carbocycles. The minimum absolute atomic E-state index is 0.104. The van der Waals surface area contributed by atoms with Crippen LogP contribution in [-0.4, -0.2) is 26.6 Å². The van der Waals surface area contributed by atoms with Crippen molar-refractivity contribution in [3.05, 3.63) is 58.9 Å². The molecule has 5 nitrogen and oxygen atoms in total. The van der Waals surface area contributed by atoms with Crippen molar-refractivity contribution in [1.29, 1.82) is 0 Å². The standard InChI is InChI=1S/C16H14ClFN2O3S/c17-14-10-13(19-16(21)11-2-4-12(18)5-3-11)6-7-15(14)20-8-1-9-24(20,22)23/h2-7,10H,1,8-9H2,(H,19,21). The van der Waals surface area contributed by atoms with Gasteiger partial charge in [-0.2, -0.15) is 0 Å². The Hall–Kier alpha value is -2.12. The van der Waals surface area contributed by atoms with Gasteiger partial charge in [-0.05, 0) is 48.9 Å². The molecule has 0 aromatic heterocycles. The molecule has 8 heteroatoms. The van der Waals surface area contributed by atoms with Crippen LogP contribution in [0.3, 0.4) is 0 Å². The molecule has 126 valence electrons. The number of hydrogen-bond donors (Lipinski definition) is 1. The molecule has 0 spiro atoms. The summed E-state index contributed by atoms with van der Waals surface area (Å²) in [5, 5.41) is 2.88. The molecule has 2 aromatic carbocycles. The number of halogens is 2. The molecule has 24 heavy (non-hydrogen) atoms. The first-order valence-corrected chi connectivity index (χ1v) is 9.22. The molecular formula is C16H14ClFN2O3S. The number of nitrogens with zero attached hydrogens (tertiary/aromatic N) is 1. The van der Waals surface area contributed by atoms with E-state index in [1.165, 1.54) is 34.6 Å². The van der Waals surface area contributed by atoms with E-state index in [1.54, 1.807) is 12.1 Å². The number of rotatable bonds is 3. The number of nitrogens with one attached hydrogen (secondary N) is 1. The molecule has 1 fully saturated rings. The highest BCUT2D eigenvalue weighted by Gasteiger charge is 2.29. The highest BCUT2D eigenvalue weighted by molar-refractivity contribution is 7.93. The summed E-state index contributed by atoms with van der Waals surface area (Å²) in [7, 11) is -3.32. The lowest BCUT2D eigenvalue weighted by Gasteiger charge is -2.19. The molecule has 1 saturated heterocycles. The molecule has 2 aromatic rings. The first kappa shape index (κ1) is 16.7. The van der Waals surface area contributed by atoms with Crippen molar-refractivity contribution in [3.63, 3.8) is 0 Å². The molecule has 1 aliphatic heterocycles. The van der Waals surface area contributed by atoms with Gasteiger partial charge in [0.25, 0.3) is 5.91 Å². The van der Waals surface area contributed by atoms with Gasteiger partial charge in [-0.25, -0.2) is 12.8 Å². The van der Waals surface area contributed by atoms with E-state index in [1.807, 2.05) is 0 Å². The molecule has 1 aliphatic rings. The summed E-state index contributed by atoms with van der Waals surface area (Å²) < 4.78 is 38.1. The van der Waals surface area contributed by atoms with Gasteiger partial charge in [0.2, 0.25) is 10.0 Å². The van der Waals surface area contributed by atoms with Crippen molar-refractivity contribution in [2.24, 2.45) is 0 Å². The molecule has 1 amide bonds. The average Bonchev–Trinajstić information content (AvgIpc) is 2.87. The van der Waals surface area contributed by atoms with Gasteiger partial charge in [-0.15, -0.1) is 0 Å². The van der Waals surface area contributed by atoms with Crippen molar-refractivity contribution >= 4 is 38.9 Å².